The zero-order valence-electron chi connectivity index (χ0n) is 7.43. The molecule has 0 bridgehead atoms. The lowest BCUT2D eigenvalue weighted by Crippen LogP contribution is -2.09. The first kappa shape index (κ1) is 10.8. The molecular formula is C8H10F2N2O2. The molecule has 0 spiro atoms. The molecule has 0 aliphatic carbocycles. The Kier molecular flexibility index (Phi) is 4.18. The molecule has 78 valence electrons. The highest BCUT2D eigenvalue weighted by Crippen LogP contribution is 1.98. The maximum Gasteiger partial charge on any atom is 0.292 e. The fraction of sp³-hybridized carbons (Fsp3) is 0.500. The maximum atomic E-state index is 11.9. The van der Waals surface area contributed by atoms with Gasteiger partial charge >= 0.3 is 0 Å². The lowest BCUT2D eigenvalue weighted by molar-refractivity contribution is 0.198. The molecule has 2 heterocycles. The summed E-state index contributed by atoms with van der Waals surface area (Å²) in [6.07, 6.45) is 1.35. The largest absolute Gasteiger partial charge is 0.381 e. The Morgan fingerprint density at radius 2 is 2.00 bits per heavy atom. The molecular weight excluding hydrogens is 194 g/mol. The van der Waals surface area contributed by atoms with Crippen molar-refractivity contribution < 1.29 is 13.5 Å². The van der Waals surface area contributed by atoms with Crippen molar-refractivity contribution in [2.75, 3.05) is 13.2 Å². The van der Waals surface area contributed by atoms with Gasteiger partial charge in [-0.3, -0.25) is 9.78 Å². The number of halogens is 2. The molecule has 1 aliphatic rings. The van der Waals surface area contributed by atoms with Crippen molar-refractivity contribution in [2.24, 2.45) is 0 Å². The summed E-state index contributed by atoms with van der Waals surface area (Å²) in [5.41, 5.74) is -0.833. The first-order valence-corrected chi connectivity index (χ1v) is 4.18. The monoisotopic (exact) mass is 204 g/mol. The fourth-order valence-corrected chi connectivity index (χ4v) is 0.910. The first-order valence-electron chi connectivity index (χ1n) is 4.18. The lowest BCUT2D eigenvalue weighted by atomic mass is 10.4. The Labute approximate surface area is 78.9 Å². The van der Waals surface area contributed by atoms with Crippen molar-refractivity contribution in [2.45, 2.75) is 12.8 Å². The predicted molar refractivity (Wildman–Crippen MR) is 44.8 cm³/mol. The molecule has 0 amide bonds. The van der Waals surface area contributed by atoms with Crippen LogP contribution in [0, 0.1) is 12.0 Å². The smallest absolute Gasteiger partial charge is 0.292 e. The van der Waals surface area contributed by atoms with Crippen LogP contribution in [-0.2, 0) is 4.74 Å². The molecule has 2 rings (SSSR count). The first-order chi connectivity index (χ1) is 6.68. The average molecular weight is 204 g/mol. The van der Waals surface area contributed by atoms with Crippen LogP contribution in [0.5, 0.6) is 0 Å². The topological polar surface area (TPSA) is 55.0 Å². The van der Waals surface area contributed by atoms with Crippen LogP contribution in [-0.4, -0.2) is 23.2 Å². The van der Waals surface area contributed by atoms with Crippen molar-refractivity contribution in [3.05, 3.63) is 28.4 Å². The van der Waals surface area contributed by atoms with Crippen molar-refractivity contribution in [1.29, 1.82) is 0 Å². The minimum atomic E-state index is -1.21. The van der Waals surface area contributed by atoms with Crippen molar-refractivity contribution >= 4 is 0 Å². The summed E-state index contributed by atoms with van der Waals surface area (Å²) in [7, 11) is 0. The SMILES string of the molecule is C1CCOC1.O=c1cc(F)nc(F)[nH]1. The van der Waals surface area contributed by atoms with Gasteiger partial charge in [0.25, 0.3) is 11.6 Å². The Hall–Kier alpha value is -1.30. The summed E-state index contributed by atoms with van der Waals surface area (Å²) in [6.45, 7) is 2.00. The number of ether oxygens (including phenoxy) is 1. The van der Waals surface area contributed by atoms with E-state index in [9.17, 15) is 13.6 Å². The third kappa shape index (κ3) is 4.08. The zero-order chi connectivity index (χ0) is 10.4. The molecule has 0 unspecified atom stereocenters. The molecule has 1 aromatic heterocycles. The van der Waals surface area contributed by atoms with Crippen molar-refractivity contribution in [1.82, 2.24) is 9.97 Å². The number of aromatic nitrogens is 2. The van der Waals surface area contributed by atoms with Gasteiger partial charge in [0.1, 0.15) is 0 Å². The highest BCUT2D eigenvalue weighted by molar-refractivity contribution is 4.82. The summed E-state index contributed by atoms with van der Waals surface area (Å²) in [4.78, 5) is 14.4. The molecule has 1 N–H and O–H groups in total. The minimum Gasteiger partial charge on any atom is -0.381 e. The summed E-state index contributed by atoms with van der Waals surface area (Å²) < 4.78 is 28.6. The second-order valence-corrected chi connectivity index (χ2v) is 2.68. The molecule has 0 aromatic carbocycles. The standard InChI is InChI=1S/C4H2F2N2O.C4H8O/c5-2-1-3(9)8-4(6)7-2;1-2-4-5-3-1/h1H,(H,7,8,9);1-4H2. The van der Waals surface area contributed by atoms with E-state index in [0.717, 1.165) is 13.2 Å². The van der Waals surface area contributed by atoms with E-state index < -0.39 is 17.6 Å². The van der Waals surface area contributed by atoms with Crippen molar-refractivity contribution in [3.8, 4) is 0 Å². The van der Waals surface area contributed by atoms with Crippen LogP contribution in [0.15, 0.2) is 10.9 Å². The van der Waals surface area contributed by atoms with Crippen LogP contribution < -0.4 is 5.56 Å². The van der Waals surface area contributed by atoms with Gasteiger partial charge in [-0.05, 0) is 12.8 Å². The number of nitrogens with one attached hydrogen (secondary N) is 1. The molecule has 0 atom stereocenters. The maximum absolute atomic E-state index is 11.9. The van der Waals surface area contributed by atoms with Crippen LogP contribution in [0.4, 0.5) is 8.78 Å². The fourth-order valence-electron chi connectivity index (χ4n) is 0.910. The van der Waals surface area contributed by atoms with Gasteiger partial charge in [0.2, 0.25) is 5.95 Å². The normalized spacial score (nSPS) is 14.7. The van der Waals surface area contributed by atoms with Gasteiger partial charge in [-0.15, -0.1) is 0 Å². The van der Waals surface area contributed by atoms with Crippen LogP contribution in [0.1, 0.15) is 12.8 Å². The van der Waals surface area contributed by atoms with E-state index in [1.165, 1.54) is 12.8 Å². The number of hydrogen-bond donors (Lipinski definition) is 1. The van der Waals surface area contributed by atoms with Gasteiger partial charge in [0.15, 0.2) is 0 Å². The van der Waals surface area contributed by atoms with Crippen molar-refractivity contribution in [3.63, 3.8) is 0 Å². The quantitative estimate of drug-likeness (QED) is 0.503. The number of hydrogen-bond acceptors (Lipinski definition) is 3. The van der Waals surface area contributed by atoms with E-state index in [1.54, 1.807) is 4.98 Å². The minimum absolute atomic E-state index is 0.559. The van der Waals surface area contributed by atoms with Crippen LogP contribution >= 0.6 is 0 Å². The highest BCUT2D eigenvalue weighted by Gasteiger charge is 1.95. The average Bonchev–Trinajstić information content (AvgIpc) is 2.56. The van der Waals surface area contributed by atoms with Gasteiger partial charge < -0.3 is 4.74 Å². The molecule has 0 radical (unpaired) electrons. The van der Waals surface area contributed by atoms with E-state index in [4.69, 9.17) is 4.74 Å². The van der Waals surface area contributed by atoms with E-state index in [-0.39, 0.29) is 0 Å². The summed E-state index contributed by atoms with van der Waals surface area (Å²) in [6, 6.07) is 0.559. The van der Waals surface area contributed by atoms with Gasteiger partial charge in [0, 0.05) is 13.2 Å². The number of rotatable bonds is 0. The van der Waals surface area contributed by atoms with Gasteiger partial charge in [-0.2, -0.15) is 13.8 Å². The molecule has 6 heteroatoms. The second-order valence-electron chi connectivity index (χ2n) is 2.68. The summed E-state index contributed by atoms with van der Waals surface area (Å²) in [5, 5.41) is 0. The van der Waals surface area contributed by atoms with Crippen LogP contribution in [0.3, 0.4) is 0 Å². The molecule has 1 saturated heterocycles. The molecule has 0 saturated carbocycles. The molecule has 1 fully saturated rings. The summed E-state index contributed by atoms with van der Waals surface area (Å²) in [5.74, 6) is -1.11. The Morgan fingerprint density at radius 3 is 2.36 bits per heavy atom. The van der Waals surface area contributed by atoms with E-state index in [2.05, 4.69) is 4.98 Å². The number of nitrogens with zero attached hydrogens (tertiary/aromatic N) is 1. The van der Waals surface area contributed by atoms with Gasteiger partial charge in [-0.25, -0.2) is 0 Å². The Morgan fingerprint density at radius 1 is 1.36 bits per heavy atom. The third-order valence-electron chi connectivity index (χ3n) is 1.51. The van der Waals surface area contributed by atoms with Crippen LogP contribution in [0.25, 0.3) is 0 Å². The molecule has 4 nitrogen and oxygen atoms in total. The second kappa shape index (κ2) is 5.43. The zero-order valence-corrected chi connectivity index (χ0v) is 7.43. The number of H-pyrrole nitrogens is 1. The van der Waals surface area contributed by atoms with Crippen LogP contribution in [0.2, 0.25) is 0 Å². The van der Waals surface area contributed by atoms with E-state index >= 15 is 0 Å². The number of aromatic amines is 1. The van der Waals surface area contributed by atoms with E-state index in [0.29, 0.717) is 6.07 Å². The highest BCUT2D eigenvalue weighted by atomic mass is 19.1. The van der Waals surface area contributed by atoms with E-state index in [1.807, 2.05) is 0 Å². The van der Waals surface area contributed by atoms with Gasteiger partial charge in [-0.1, -0.05) is 0 Å². The third-order valence-corrected chi connectivity index (χ3v) is 1.51. The Balaban J connectivity index is 0.000000165. The van der Waals surface area contributed by atoms with Gasteiger partial charge in [0.05, 0.1) is 6.07 Å². The molecule has 14 heavy (non-hydrogen) atoms. The molecule has 1 aromatic rings. The predicted octanol–water partition coefficient (Wildman–Crippen LogP) is 0.845. The lowest BCUT2D eigenvalue weighted by Gasteiger charge is -1.84. The Bertz CT molecular complexity index is 305. The summed E-state index contributed by atoms with van der Waals surface area (Å²) >= 11 is 0. The molecule has 1 aliphatic heterocycles.